The summed E-state index contributed by atoms with van der Waals surface area (Å²) in [6, 6.07) is 0.729. The van der Waals surface area contributed by atoms with Crippen LogP contribution in [0, 0.1) is 0 Å². The lowest BCUT2D eigenvalue weighted by Crippen LogP contribution is -2.28. The molecule has 0 unspecified atom stereocenters. The maximum atomic E-state index is 3.61. The molecule has 1 nitrogen and oxygen atoms in total. The third-order valence-electron chi connectivity index (χ3n) is 1.89. The smallest absolute Gasteiger partial charge is 0.0285 e. The van der Waals surface area contributed by atoms with Crippen molar-refractivity contribution in [3.8, 4) is 0 Å². The van der Waals surface area contributed by atoms with Crippen LogP contribution in [0.3, 0.4) is 0 Å². The molecule has 1 heterocycles. The van der Waals surface area contributed by atoms with Gasteiger partial charge in [0.05, 0.1) is 0 Å². The molecule has 0 spiro atoms. The van der Waals surface area contributed by atoms with Crippen molar-refractivity contribution in [1.82, 2.24) is 4.90 Å². The number of likely N-dealkylation sites (tertiary alicyclic amines) is 1. The van der Waals surface area contributed by atoms with E-state index in [1.807, 2.05) is 0 Å². The van der Waals surface area contributed by atoms with E-state index in [1.54, 1.807) is 0 Å². The third kappa shape index (κ3) is 1.94. The Bertz CT molecular complexity index is 92.9. The van der Waals surface area contributed by atoms with Gasteiger partial charge >= 0.3 is 0 Å². The first-order valence-electron chi connectivity index (χ1n) is 3.58. The predicted molar refractivity (Wildman–Crippen MR) is 44.0 cm³/mol. The number of nitrogens with zero attached hydrogens (tertiary/aromatic N) is 1. The number of rotatable bonds is 1. The first-order valence-corrected chi connectivity index (χ1v) is 4.50. The van der Waals surface area contributed by atoms with Crippen molar-refractivity contribution < 1.29 is 0 Å². The second-order valence-corrected chi connectivity index (χ2v) is 4.27. The van der Waals surface area contributed by atoms with Crippen molar-refractivity contribution in [1.29, 1.82) is 0 Å². The molecule has 54 valence electrons. The van der Waals surface area contributed by atoms with E-state index in [1.165, 1.54) is 19.5 Å². The maximum Gasteiger partial charge on any atom is 0.0285 e. The lowest BCUT2D eigenvalue weighted by Gasteiger charge is -2.18. The van der Waals surface area contributed by atoms with Crippen LogP contribution in [0.15, 0.2) is 0 Å². The van der Waals surface area contributed by atoms with Crippen molar-refractivity contribution in [2.24, 2.45) is 0 Å². The van der Waals surface area contributed by atoms with E-state index < -0.39 is 0 Å². The molecular formula is C7H14BrN. The van der Waals surface area contributed by atoms with Gasteiger partial charge < -0.3 is 0 Å². The van der Waals surface area contributed by atoms with Gasteiger partial charge in [-0.1, -0.05) is 15.9 Å². The van der Waals surface area contributed by atoms with E-state index in [4.69, 9.17) is 0 Å². The summed E-state index contributed by atoms with van der Waals surface area (Å²) in [6.07, 6.45) is 1.32. The van der Waals surface area contributed by atoms with Crippen molar-refractivity contribution in [3.05, 3.63) is 0 Å². The second-order valence-electron chi connectivity index (χ2n) is 2.97. The maximum absolute atomic E-state index is 3.61. The average molecular weight is 192 g/mol. The largest absolute Gasteiger partial charge is 0.300 e. The van der Waals surface area contributed by atoms with Crippen LogP contribution in [-0.2, 0) is 0 Å². The normalized spacial score (nSPS) is 30.0. The number of halogens is 1. The Hall–Kier alpha value is 0.440. The third-order valence-corrected chi connectivity index (χ3v) is 2.64. The van der Waals surface area contributed by atoms with Crippen LogP contribution in [-0.4, -0.2) is 28.9 Å². The van der Waals surface area contributed by atoms with Crippen LogP contribution >= 0.6 is 15.9 Å². The van der Waals surface area contributed by atoms with Gasteiger partial charge in [0.25, 0.3) is 0 Å². The quantitative estimate of drug-likeness (QED) is 0.573. The Kier molecular flexibility index (Phi) is 2.53. The molecule has 0 saturated carbocycles. The van der Waals surface area contributed by atoms with Crippen molar-refractivity contribution >= 4 is 15.9 Å². The van der Waals surface area contributed by atoms with Gasteiger partial charge in [-0.05, 0) is 26.8 Å². The molecule has 0 bridgehead atoms. The fraction of sp³-hybridized carbons (Fsp3) is 1.00. The summed E-state index contributed by atoms with van der Waals surface area (Å²) >= 11 is 3.61. The first kappa shape index (κ1) is 7.55. The molecule has 1 fully saturated rings. The second kappa shape index (κ2) is 3.02. The molecule has 2 heteroatoms. The Morgan fingerprint density at radius 1 is 1.56 bits per heavy atom. The summed E-state index contributed by atoms with van der Waals surface area (Å²) < 4.78 is 0. The average Bonchev–Trinajstić information content (AvgIpc) is 2.14. The molecule has 9 heavy (non-hydrogen) atoms. The molecule has 1 rings (SSSR count). The number of hydrogen-bond donors (Lipinski definition) is 0. The number of alkyl halides is 1. The molecule has 0 aromatic carbocycles. The molecule has 0 amide bonds. The molecule has 0 radical (unpaired) electrons. The fourth-order valence-corrected chi connectivity index (χ4v) is 1.79. The summed E-state index contributed by atoms with van der Waals surface area (Å²) in [5.74, 6) is 0. The van der Waals surface area contributed by atoms with Gasteiger partial charge in [0, 0.05) is 17.4 Å². The standard InChI is InChI=1S/C7H14BrN/c1-6(2)9-4-3-7(8)5-9/h6-7H,3-5H2,1-2H3/t7-/m0/s1. The summed E-state index contributed by atoms with van der Waals surface area (Å²) in [7, 11) is 0. The summed E-state index contributed by atoms with van der Waals surface area (Å²) in [4.78, 5) is 3.25. The Morgan fingerprint density at radius 2 is 2.22 bits per heavy atom. The van der Waals surface area contributed by atoms with Crippen molar-refractivity contribution in [3.63, 3.8) is 0 Å². The Balaban J connectivity index is 2.30. The zero-order valence-corrected chi connectivity index (χ0v) is 7.69. The zero-order valence-electron chi connectivity index (χ0n) is 6.10. The van der Waals surface area contributed by atoms with Crippen LogP contribution in [0.25, 0.3) is 0 Å². The molecule has 0 aromatic heterocycles. The van der Waals surface area contributed by atoms with E-state index in [2.05, 4.69) is 34.7 Å². The van der Waals surface area contributed by atoms with Crippen LogP contribution in [0.4, 0.5) is 0 Å². The van der Waals surface area contributed by atoms with Gasteiger partial charge in [0.1, 0.15) is 0 Å². The SMILES string of the molecule is CC(C)N1CC[C@H](Br)C1. The van der Waals surface area contributed by atoms with Gasteiger partial charge in [0.15, 0.2) is 0 Å². The van der Waals surface area contributed by atoms with Crippen molar-refractivity contribution in [2.75, 3.05) is 13.1 Å². The molecule has 1 saturated heterocycles. The minimum absolute atomic E-state index is 0.729. The molecule has 0 N–H and O–H groups in total. The molecule has 1 aliphatic rings. The highest BCUT2D eigenvalue weighted by Crippen LogP contribution is 2.17. The van der Waals surface area contributed by atoms with E-state index in [9.17, 15) is 0 Å². The van der Waals surface area contributed by atoms with Gasteiger partial charge in [-0.2, -0.15) is 0 Å². The topological polar surface area (TPSA) is 3.24 Å². The highest BCUT2D eigenvalue weighted by atomic mass is 79.9. The molecule has 1 atom stereocenters. The van der Waals surface area contributed by atoms with E-state index in [0.29, 0.717) is 0 Å². The number of hydrogen-bond acceptors (Lipinski definition) is 1. The van der Waals surface area contributed by atoms with E-state index in [-0.39, 0.29) is 0 Å². The first-order chi connectivity index (χ1) is 4.20. The van der Waals surface area contributed by atoms with Crippen LogP contribution in [0.1, 0.15) is 20.3 Å². The highest BCUT2D eigenvalue weighted by molar-refractivity contribution is 9.09. The van der Waals surface area contributed by atoms with E-state index in [0.717, 1.165) is 10.9 Å². The molecular weight excluding hydrogens is 178 g/mol. The summed E-state index contributed by atoms with van der Waals surface area (Å²) in [5.41, 5.74) is 0. The van der Waals surface area contributed by atoms with Gasteiger partial charge in [-0.3, -0.25) is 4.90 Å². The molecule has 1 aliphatic heterocycles. The lowest BCUT2D eigenvalue weighted by atomic mass is 10.3. The van der Waals surface area contributed by atoms with Crippen LogP contribution < -0.4 is 0 Å². The van der Waals surface area contributed by atoms with Gasteiger partial charge in [-0.15, -0.1) is 0 Å². The van der Waals surface area contributed by atoms with Gasteiger partial charge in [0.2, 0.25) is 0 Å². The monoisotopic (exact) mass is 191 g/mol. The summed E-state index contributed by atoms with van der Waals surface area (Å²) in [6.45, 7) is 7.02. The molecule has 0 aromatic rings. The van der Waals surface area contributed by atoms with Crippen LogP contribution in [0.5, 0.6) is 0 Å². The lowest BCUT2D eigenvalue weighted by molar-refractivity contribution is 0.277. The van der Waals surface area contributed by atoms with E-state index >= 15 is 0 Å². The molecule has 0 aliphatic carbocycles. The van der Waals surface area contributed by atoms with Gasteiger partial charge in [-0.25, -0.2) is 0 Å². The Labute approximate surface area is 65.6 Å². The minimum atomic E-state index is 0.729. The fourth-order valence-electron chi connectivity index (χ4n) is 1.21. The zero-order chi connectivity index (χ0) is 6.85. The Morgan fingerprint density at radius 3 is 2.44 bits per heavy atom. The van der Waals surface area contributed by atoms with Crippen LogP contribution in [0.2, 0.25) is 0 Å². The minimum Gasteiger partial charge on any atom is -0.300 e. The predicted octanol–water partition coefficient (Wildman–Crippen LogP) is 1.86. The van der Waals surface area contributed by atoms with Crippen molar-refractivity contribution in [2.45, 2.75) is 31.1 Å². The summed E-state index contributed by atoms with van der Waals surface area (Å²) in [5, 5.41) is 0. The highest BCUT2D eigenvalue weighted by Gasteiger charge is 2.21.